The Labute approximate surface area is 160 Å². The smallest absolute Gasteiger partial charge is 0.224 e. The molecule has 140 valence electrons. The van der Waals surface area contributed by atoms with Crippen LogP contribution in [0, 0.1) is 20.8 Å². The fraction of sp³-hybridized carbons (Fsp3) is 0.273. The minimum Gasteiger partial charge on any atom is -0.497 e. The second kappa shape index (κ2) is 8.54. The summed E-state index contributed by atoms with van der Waals surface area (Å²) in [6, 6.07) is 16.3. The molecule has 5 nitrogen and oxygen atoms in total. The van der Waals surface area contributed by atoms with Crippen LogP contribution in [0.2, 0.25) is 0 Å². The van der Waals surface area contributed by atoms with Gasteiger partial charge < -0.3 is 15.4 Å². The van der Waals surface area contributed by atoms with Crippen molar-refractivity contribution in [3.8, 4) is 5.75 Å². The molecule has 0 radical (unpaired) electrons. The first-order valence-electron chi connectivity index (χ1n) is 9.11. The third-order valence-electron chi connectivity index (χ3n) is 4.42. The van der Waals surface area contributed by atoms with Gasteiger partial charge in [0, 0.05) is 24.0 Å². The van der Waals surface area contributed by atoms with Gasteiger partial charge in [-0.05, 0) is 56.0 Å². The van der Waals surface area contributed by atoms with Gasteiger partial charge in [0.25, 0.3) is 0 Å². The van der Waals surface area contributed by atoms with E-state index in [1.54, 1.807) is 7.11 Å². The van der Waals surface area contributed by atoms with E-state index in [2.05, 4.69) is 58.7 Å². The van der Waals surface area contributed by atoms with Gasteiger partial charge in [0.15, 0.2) is 0 Å². The zero-order chi connectivity index (χ0) is 19.2. The SMILES string of the molecule is COc1cccc(CCNc2nc(C)cc(Nc3c(C)cccc3C)n2)c1. The van der Waals surface area contributed by atoms with Gasteiger partial charge in [-0.25, -0.2) is 4.98 Å². The predicted molar refractivity (Wildman–Crippen MR) is 111 cm³/mol. The molecule has 1 heterocycles. The van der Waals surface area contributed by atoms with E-state index in [0.29, 0.717) is 5.95 Å². The molecule has 2 N–H and O–H groups in total. The van der Waals surface area contributed by atoms with Crippen LogP contribution >= 0.6 is 0 Å². The van der Waals surface area contributed by atoms with E-state index in [0.717, 1.165) is 35.9 Å². The lowest BCUT2D eigenvalue weighted by Crippen LogP contribution is -2.10. The van der Waals surface area contributed by atoms with Gasteiger partial charge in [-0.15, -0.1) is 0 Å². The number of benzene rings is 2. The molecular formula is C22H26N4O. The molecule has 0 aliphatic carbocycles. The Morgan fingerprint density at radius 2 is 1.67 bits per heavy atom. The first-order chi connectivity index (χ1) is 13.0. The Bertz CT molecular complexity index is 904. The summed E-state index contributed by atoms with van der Waals surface area (Å²) < 4.78 is 5.27. The minimum absolute atomic E-state index is 0.631. The number of anilines is 3. The number of aryl methyl sites for hydroxylation is 3. The maximum atomic E-state index is 5.27. The number of hydrogen-bond donors (Lipinski definition) is 2. The van der Waals surface area contributed by atoms with E-state index >= 15 is 0 Å². The van der Waals surface area contributed by atoms with Crippen molar-refractivity contribution in [2.45, 2.75) is 27.2 Å². The van der Waals surface area contributed by atoms with Crippen molar-refractivity contribution in [2.75, 3.05) is 24.3 Å². The average molecular weight is 362 g/mol. The molecule has 3 aromatic rings. The topological polar surface area (TPSA) is 59.1 Å². The maximum absolute atomic E-state index is 5.27. The van der Waals surface area contributed by atoms with Gasteiger partial charge in [-0.1, -0.05) is 30.3 Å². The summed E-state index contributed by atoms with van der Waals surface area (Å²) >= 11 is 0. The van der Waals surface area contributed by atoms with E-state index in [-0.39, 0.29) is 0 Å². The third kappa shape index (κ3) is 4.97. The number of methoxy groups -OCH3 is 1. The van der Waals surface area contributed by atoms with Crippen LogP contribution in [0.25, 0.3) is 0 Å². The van der Waals surface area contributed by atoms with Gasteiger partial charge in [0.1, 0.15) is 11.6 Å². The Balaban J connectivity index is 1.68. The summed E-state index contributed by atoms with van der Waals surface area (Å²) in [6.45, 7) is 6.91. The van der Waals surface area contributed by atoms with Crippen LogP contribution in [0.15, 0.2) is 48.5 Å². The Kier molecular flexibility index (Phi) is 5.91. The number of nitrogens with one attached hydrogen (secondary N) is 2. The normalized spacial score (nSPS) is 10.5. The van der Waals surface area contributed by atoms with Gasteiger partial charge in [0.05, 0.1) is 7.11 Å². The van der Waals surface area contributed by atoms with Gasteiger partial charge in [-0.3, -0.25) is 0 Å². The van der Waals surface area contributed by atoms with Crippen molar-refractivity contribution in [3.05, 3.63) is 70.9 Å². The second-order valence-electron chi connectivity index (χ2n) is 6.64. The van der Waals surface area contributed by atoms with Crippen LogP contribution in [-0.2, 0) is 6.42 Å². The van der Waals surface area contributed by atoms with Crippen molar-refractivity contribution in [1.82, 2.24) is 9.97 Å². The zero-order valence-corrected chi connectivity index (χ0v) is 16.3. The van der Waals surface area contributed by atoms with Gasteiger partial charge in [-0.2, -0.15) is 4.98 Å². The summed E-state index contributed by atoms with van der Waals surface area (Å²) in [5, 5.41) is 6.76. The van der Waals surface area contributed by atoms with E-state index in [4.69, 9.17) is 4.74 Å². The van der Waals surface area contributed by atoms with Crippen LogP contribution in [0.4, 0.5) is 17.5 Å². The van der Waals surface area contributed by atoms with Crippen molar-refractivity contribution < 1.29 is 4.74 Å². The molecule has 0 saturated heterocycles. The van der Waals surface area contributed by atoms with Crippen molar-refractivity contribution in [2.24, 2.45) is 0 Å². The molecule has 0 amide bonds. The average Bonchev–Trinajstić information content (AvgIpc) is 2.65. The molecule has 0 aliphatic heterocycles. The van der Waals surface area contributed by atoms with Crippen LogP contribution < -0.4 is 15.4 Å². The summed E-state index contributed by atoms with van der Waals surface area (Å²) in [4.78, 5) is 9.12. The maximum Gasteiger partial charge on any atom is 0.224 e. The van der Waals surface area contributed by atoms with Crippen LogP contribution in [0.3, 0.4) is 0 Å². The summed E-state index contributed by atoms with van der Waals surface area (Å²) in [6.07, 6.45) is 0.869. The number of ether oxygens (including phenoxy) is 1. The van der Waals surface area contributed by atoms with E-state index in [9.17, 15) is 0 Å². The van der Waals surface area contributed by atoms with Crippen molar-refractivity contribution in [1.29, 1.82) is 0 Å². The molecule has 1 aromatic heterocycles. The highest BCUT2D eigenvalue weighted by Gasteiger charge is 2.06. The fourth-order valence-corrected chi connectivity index (χ4v) is 3.00. The first kappa shape index (κ1) is 18.7. The molecule has 0 unspecified atom stereocenters. The zero-order valence-electron chi connectivity index (χ0n) is 16.3. The molecule has 0 aliphatic rings. The summed E-state index contributed by atoms with van der Waals surface area (Å²) in [7, 11) is 1.68. The van der Waals surface area contributed by atoms with Crippen LogP contribution in [-0.4, -0.2) is 23.6 Å². The molecule has 0 atom stereocenters. The number of hydrogen-bond acceptors (Lipinski definition) is 5. The highest BCUT2D eigenvalue weighted by molar-refractivity contribution is 5.65. The Hall–Kier alpha value is -3.08. The van der Waals surface area contributed by atoms with Crippen molar-refractivity contribution >= 4 is 17.5 Å². The molecule has 5 heteroatoms. The Morgan fingerprint density at radius 3 is 2.41 bits per heavy atom. The predicted octanol–water partition coefficient (Wildman–Crippen LogP) is 4.81. The Morgan fingerprint density at radius 1 is 0.926 bits per heavy atom. The van der Waals surface area contributed by atoms with Crippen LogP contribution in [0.1, 0.15) is 22.4 Å². The standard InChI is InChI=1S/C22H26N4O/c1-15-7-5-8-16(2)21(15)25-20-13-17(3)24-22(26-20)23-12-11-18-9-6-10-19(14-18)27-4/h5-10,13-14H,11-12H2,1-4H3,(H2,23,24,25,26). The number of aromatic nitrogens is 2. The number of para-hydroxylation sites is 1. The summed E-state index contributed by atoms with van der Waals surface area (Å²) in [5.74, 6) is 2.30. The van der Waals surface area contributed by atoms with Crippen molar-refractivity contribution in [3.63, 3.8) is 0 Å². The van der Waals surface area contributed by atoms with Gasteiger partial charge >= 0.3 is 0 Å². The molecule has 0 spiro atoms. The van der Waals surface area contributed by atoms with Gasteiger partial charge in [0.2, 0.25) is 5.95 Å². The molecule has 0 saturated carbocycles. The second-order valence-corrected chi connectivity index (χ2v) is 6.64. The highest BCUT2D eigenvalue weighted by Crippen LogP contribution is 2.24. The quantitative estimate of drug-likeness (QED) is 0.632. The third-order valence-corrected chi connectivity index (χ3v) is 4.42. The lowest BCUT2D eigenvalue weighted by Gasteiger charge is -2.14. The lowest BCUT2D eigenvalue weighted by atomic mass is 10.1. The fourth-order valence-electron chi connectivity index (χ4n) is 3.00. The highest BCUT2D eigenvalue weighted by atomic mass is 16.5. The lowest BCUT2D eigenvalue weighted by molar-refractivity contribution is 0.414. The molecule has 2 aromatic carbocycles. The molecule has 27 heavy (non-hydrogen) atoms. The summed E-state index contributed by atoms with van der Waals surface area (Å²) in [5.41, 5.74) is 5.61. The molecule has 3 rings (SSSR count). The van der Waals surface area contributed by atoms with Crippen LogP contribution in [0.5, 0.6) is 5.75 Å². The number of rotatable bonds is 7. The monoisotopic (exact) mass is 362 g/mol. The largest absolute Gasteiger partial charge is 0.497 e. The first-order valence-corrected chi connectivity index (χ1v) is 9.11. The molecule has 0 fully saturated rings. The molecule has 0 bridgehead atoms. The number of nitrogens with zero attached hydrogens (tertiary/aromatic N) is 2. The van der Waals surface area contributed by atoms with E-state index in [1.807, 2.05) is 31.2 Å². The van der Waals surface area contributed by atoms with E-state index < -0.39 is 0 Å². The molecular weight excluding hydrogens is 336 g/mol. The van der Waals surface area contributed by atoms with E-state index in [1.165, 1.54) is 16.7 Å². The minimum atomic E-state index is 0.631.